The van der Waals surface area contributed by atoms with Gasteiger partial charge < -0.3 is 10.6 Å². The van der Waals surface area contributed by atoms with Crippen LogP contribution in [0.2, 0.25) is 0 Å². The van der Waals surface area contributed by atoms with Crippen molar-refractivity contribution in [2.45, 2.75) is 45.6 Å². The first kappa shape index (κ1) is 13.4. The highest BCUT2D eigenvalue weighted by atomic mass is 15.1. The number of nitrogens with zero attached hydrogens (tertiary/aromatic N) is 1. The van der Waals surface area contributed by atoms with Crippen molar-refractivity contribution in [1.82, 2.24) is 0 Å². The number of benzene rings is 1. The van der Waals surface area contributed by atoms with E-state index in [9.17, 15) is 0 Å². The topological polar surface area (TPSA) is 29.3 Å². The Balaban J connectivity index is 2.01. The zero-order valence-corrected chi connectivity index (χ0v) is 11.7. The Morgan fingerprint density at radius 1 is 1.22 bits per heavy atom. The fourth-order valence-corrected chi connectivity index (χ4v) is 2.57. The maximum atomic E-state index is 6.05. The van der Waals surface area contributed by atoms with Crippen molar-refractivity contribution in [1.29, 1.82) is 0 Å². The summed E-state index contributed by atoms with van der Waals surface area (Å²) in [5.41, 5.74) is 8.65. The molecule has 0 heterocycles. The fraction of sp³-hybridized carbons (Fsp3) is 0.625. The van der Waals surface area contributed by atoms with Crippen molar-refractivity contribution in [3.63, 3.8) is 0 Å². The summed E-state index contributed by atoms with van der Waals surface area (Å²) in [7, 11) is 0. The van der Waals surface area contributed by atoms with Crippen molar-refractivity contribution in [2.75, 3.05) is 18.0 Å². The third-order valence-electron chi connectivity index (χ3n) is 4.21. The monoisotopic (exact) mass is 246 g/mol. The van der Waals surface area contributed by atoms with Gasteiger partial charge in [-0.25, -0.2) is 0 Å². The molecule has 1 aromatic rings. The summed E-state index contributed by atoms with van der Waals surface area (Å²) >= 11 is 0. The summed E-state index contributed by atoms with van der Waals surface area (Å²) < 4.78 is 0. The van der Waals surface area contributed by atoms with Crippen LogP contribution in [0.3, 0.4) is 0 Å². The minimum Gasteiger partial charge on any atom is -0.372 e. The molecule has 0 amide bonds. The average Bonchev–Trinajstić information content (AvgIpc) is 2.37. The molecule has 1 aliphatic carbocycles. The van der Waals surface area contributed by atoms with Crippen molar-refractivity contribution >= 4 is 5.69 Å². The molecule has 0 aromatic heterocycles. The Morgan fingerprint density at radius 2 is 1.89 bits per heavy atom. The first-order valence-electron chi connectivity index (χ1n) is 7.35. The van der Waals surface area contributed by atoms with Gasteiger partial charge in [0.2, 0.25) is 0 Å². The van der Waals surface area contributed by atoms with Gasteiger partial charge in [-0.15, -0.1) is 0 Å². The van der Waals surface area contributed by atoms with Crippen LogP contribution in [0.4, 0.5) is 5.69 Å². The smallest absolute Gasteiger partial charge is 0.0366 e. The van der Waals surface area contributed by atoms with Gasteiger partial charge in [-0.05, 0) is 49.8 Å². The van der Waals surface area contributed by atoms with Crippen molar-refractivity contribution in [2.24, 2.45) is 11.7 Å². The molecule has 0 aliphatic heterocycles. The van der Waals surface area contributed by atoms with Gasteiger partial charge in [0.05, 0.1) is 0 Å². The van der Waals surface area contributed by atoms with Gasteiger partial charge in [-0.1, -0.05) is 25.5 Å². The van der Waals surface area contributed by atoms with E-state index in [1.165, 1.54) is 37.1 Å². The SMILES string of the molecule is CCC(N)c1ccc(N(CC)CC2CCC2)cc1. The standard InChI is InChI=1S/C16H26N2/c1-3-16(17)14-8-10-15(11-9-14)18(4-2)12-13-6-5-7-13/h8-11,13,16H,3-7,12,17H2,1-2H3. The van der Waals surface area contributed by atoms with Crippen molar-refractivity contribution < 1.29 is 0 Å². The largest absolute Gasteiger partial charge is 0.372 e. The third kappa shape index (κ3) is 3.05. The second-order valence-corrected chi connectivity index (χ2v) is 5.44. The summed E-state index contributed by atoms with van der Waals surface area (Å²) in [5.74, 6) is 0.919. The lowest BCUT2D eigenvalue weighted by Gasteiger charge is -2.33. The van der Waals surface area contributed by atoms with Crippen LogP contribution in [-0.4, -0.2) is 13.1 Å². The Morgan fingerprint density at radius 3 is 2.33 bits per heavy atom. The van der Waals surface area contributed by atoms with Crippen LogP contribution >= 0.6 is 0 Å². The quantitative estimate of drug-likeness (QED) is 0.829. The van der Waals surface area contributed by atoms with Crippen LogP contribution in [-0.2, 0) is 0 Å². The van der Waals surface area contributed by atoms with Gasteiger partial charge in [-0.3, -0.25) is 0 Å². The Labute approximate surface area is 111 Å². The van der Waals surface area contributed by atoms with E-state index in [0.717, 1.165) is 18.9 Å². The van der Waals surface area contributed by atoms with E-state index in [1.54, 1.807) is 0 Å². The molecule has 1 aromatic carbocycles. The number of rotatable bonds is 6. The van der Waals surface area contributed by atoms with Gasteiger partial charge in [-0.2, -0.15) is 0 Å². The van der Waals surface area contributed by atoms with Gasteiger partial charge >= 0.3 is 0 Å². The van der Waals surface area contributed by atoms with Crippen LogP contribution < -0.4 is 10.6 Å². The van der Waals surface area contributed by atoms with Gasteiger partial charge in [0.1, 0.15) is 0 Å². The Bertz CT molecular complexity index is 354. The molecule has 0 bridgehead atoms. The predicted molar refractivity (Wildman–Crippen MR) is 78.9 cm³/mol. The molecular weight excluding hydrogens is 220 g/mol. The summed E-state index contributed by atoms with van der Waals surface area (Å²) in [6.45, 7) is 6.68. The van der Waals surface area contributed by atoms with Crippen LogP contribution in [0.1, 0.15) is 51.1 Å². The normalized spacial score (nSPS) is 17.3. The van der Waals surface area contributed by atoms with E-state index in [1.807, 2.05) is 0 Å². The Hall–Kier alpha value is -1.02. The number of hydrogen-bond acceptors (Lipinski definition) is 2. The molecule has 2 heteroatoms. The van der Waals surface area contributed by atoms with E-state index in [4.69, 9.17) is 5.73 Å². The molecule has 1 unspecified atom stereocenters. The summed E-state index contributed by atoms with van der Waals surface area (Å²) in [6, 6.07) is 9.01. The molecule has 0 radical (unpaired) electrons. The second-order valence-electron chi connectivity index (χ2n) is 5.44. The highest BCUT2D eigenvalue weighted by Crippen LogP contribution is 2.29. The predicted octanol–water partition coefficient (Wildman–Crippen LogP) is 3.72. The Kier molecular flexibility index (Phi) is 4.65. The van der Waals surface area contributed by atoms with Gasteiger partial charge in [0.15, 0.2) is 0 Å². The molecule has 2 nitrogen and oxygen atoms in total. The van der Waals surface area contributed by atoms with Crippen molar-refractivity contribution in [3.05, 3.63) is 29.8 Å². The summed E-state index contributed by atoms with van der Waals surface area (Å²) in [4.78, 5) is 2.49. The van der Waals surface area contributed by atoms with E-state index >= 15 is 0 Å². The molecule has 100 valence electrons. The highest BCUT2D eigenvalue weighted by Gasteiger charge is 2.20. The average molecular weight is 246 g/mol. The fourth-order valence-electron chi connectivity index (χ4n) is 2.57. The molecule has 1 aliphatic rings. The molecule has 1 atom stereocenters. The summed E-state index contributed by atoms with van der Waals surface area (Å²) in [5, 5.41) is 0. The van der Waals surface area contributed by atoms with E-state index in [2.05, 4.69) is 43.0 Å². The zero-order valence-electron chi connectivity index (χ0n) is 11.7. The van der Waals surface area contributed by atoms with E-state index < -0.39 is 0 Å². The molecular formula is C16H26N2. The lowest BCUT2D eigenvalue weighted by molar-refractivity contribution is 0.318. The maximum Gasteiger partial charge on any atom is 0.0366 e. The minimum absolute atomic E-state index is 0.181. The molecule has 18 heavy (non-hydrogen) atoms. The first-order chi connectivity index (χ1) is 8.74. The van der Waals surface area contributed by atoms with Crippen LogP contribution in [0, 0.1) is 5.92 Å². The molecule has 1 fully saturated rings. The van der Waals surface area contributed by atoms with Gasteiger partial charge in [0.25, 0.3) is 0 Å². The molecule has 0 spiro atoms. The minimum atomic E-state index is 0.181. The number of hydrogen-bond donors (Lipinski definition) is 1. The van der Waals surface area contributed by atoms with Crippen LogP contribution in [0.5, 0.6) is 0 Å². The lowest BCUT2D eigenvalue weighted by Crippen LogP contribution is -2.32. The molecule has 2 N–H and O–H groups in total. The van der Waals surface area contributed by atoms with Crippen LogP contribution in [0.15, 0.2) is 24.3 Å². The molecule has 2 rings (SSSR count). The van der Waals surface area contributed by atoms with Crippen LogP contribution in [0.25, 0.3) is 0 Å². The lowest BCUT2D eigenvalue weighted by atomic mass is 9.85. The summed E-state index contributed by atoms with van der Waals surface area (Å²) in [6.07, 6.45) is 5.25. The highest BCUT2D eigenvalue weighted by molar-refractivity contribution is 5.48. The second kappa shape index (κ2) is 6.24. The number of nitrogens with two attached hydrogens (primary N) is 1. The molecule has 1 saturated carbocycles. The van der Waals surface area contributed by atoms with Crippen molar-refractivity contribution in [3.8, 4) is 0 Å². The maximum absolute atomic E-state index is 6.05. The third-order valence-corrected chi connectivity index (χ3v) is 4.21. The molecule has 0 saturated heterocycles. The first-order valence-corrected chi connectivity index (χ1v) is 7.35. The van der Waals surface area contributed by atoms with E-state index in [0.29, 0.717) is 0 Å². The van der Waals surface area contributed by atoms with Gasteiger partial charge in [0, 0.05) is 24.8 Å². The number of anilines is 1. The zero-order chi connectivity index (χ0) is 13.0. The van der Waals surface area contributed by atoms with E-state index in [-0.39, 0.29) is 6.04 Å².